The van der Waals surface area contributed by atoms with E-state index in [2.05, 4.69) is 18.7 Å². The van der Waals surface area contributed by atoms with E-state index in [9.17, 15) is 14.7 Å². The van der Waals surface area contributed by atoms with Gasteiger partial charge in [0.1, 0.15) is 0 Å². The standard InChI is InChI=1S/C13H23N3O4/c1-10(2)14-3-5-15(6-4-14)13(19)16-7-8-20-9-11(16)12(17)18/h10-11H,3-9H2,1-2H3,(H,17,18). The molecule has 2 heterocycles. The minimum atomic E-state index is -1.00. The van der Waals surface area contributed by atoms with E-state index in [1.54, 1.807) is 4.90 Å². The van der Waals surface area contributed by atoms with Crippen LogP contribution in [0.4, 0.5) is 4.79 Å². The van der Waals surface area contributed by atoms with E-state index in [1.807, 2.05) is 0 Å². The number of hydrogen-bond donors (Lipinski definition) is 1. The number of rotatable bonds is 2. The van der Waals surface area contributed by atoms with Gasteiger partial charge in [-0.3, -0.25) is 4.90 Å². The van der Waals surface area contributed by atoms with Crippen molar-refractivity contribution < 1.29 is 19.4 Å². The summed E-state index contributed by atoms with van der Waals surface area (Å²) < 4.78 is 5.16. The summed E-state index contributed by atoms with van der Waals surface area (Å²) in [6.07, 6.45) is 0. The van der Waals surface area contributed by atoms with Gasteiger partial charge in [0, 0.05) is 38.8 Å². The predicted octanol–water partition coefficient (Wildman–Crippen LogP) is -0.0822. The number of morpholine rings is 1. The topological polar surface area (TPSA) is 73.3 Å². The number of carbonyl (C=O) groups is 2. The monoisotopic (exact) mass is 285 g/mol. The Morgan fingerprint density at radius 1 is 1.15 bits per heavy atom. The molecule has 2 fully saturated rings. The summed E-state index contributed by atoms with van der Waals surface area (Å²) in [5.41, 5.74) is 0. The second kappa shape index (κ2) is 6.41. The molecule has 0 radical (unpaired) electrons. The molecule has 7 nitrogen and oxygen atoms in total. The van der Waals surface area contributed by atoms with Gasteiger partial charge in [-0.1, -0.05) is 0 Å². The van der Waals surface area contributed by atoms with E-state index in [0.29, 0.717) is 32.3 Å². The number of carbonyl (C=O) groups excluding carboxylic acids is 1. The lowest BCUT2D eigenvalue weighted by atomic mass is 10.2. The van der Waals surface area contributed by atoms with Crippen LogP contribution in [0.1, 0.15) is 13.8 Å². The summed E-state index contributed by atoms with van der Waals surface area (Å²) in [6.45, 7) is 8.09. The quantitative estimate of drug-likeness (QED) is 0.768. The molecular weight excluding hydrogens is 262 g/mol. The molecule has 1 unspecified atom stereocenters. The second-order valence-electron chi connectivity index (χ2n) is 5.52. The van der Waals surface area contributed by atoms with Crippen LogP contribution in [0.2, 0.25) is 0 Å². The zero-order valence-electron chi connectivity index (χ0n) is 12.1. The van der Waals surface area contributed by atoms with Gasteiger partial charge in [-0.05, 0) is 13.8 Å². The van der Waals surface area contributed by atoms with Crippen LogP contribution in [0.15, 0.2) is 0 Å². The minimum absolute atomic E-state index is 0.0764. The highest BCUT2D eigenvalue weighted by Gasteiger charge is 2.36. The largest absolute Gasteiger partial charge is 0.480 e. The number of aliphatic carboxylic acids is 1. The Bertz CT molecular complexity index is 367. The predicted molar refractivity (Wildman–Crippen MR) is 72.6 cm³/mol. The van der Waals surface area contributed by atoms with Gasteiger partial charge in [0.15, 0.2) is 6.04 Å². The fourth-order valence-corrected chi connectivity index (χ4v) is 2.65. The van der Waals surface area contributed by atoms with Crippen molar-refractivity contribution in [2.75, 3.05) is 45.9 Å². The third-order valence-electron chi connectivity index (χ3n) is 3.97. The van der Waals surface area contributed by atoms with Crippen LogP contribution >= 0.6 is 0 Å². The Morgan fingerprint density at radius 3 is 2.35 bits per heavy atom. The van der Waals surface area contributed by atoms with Crippen LogP contribution in [0.25, 0.3) is 0 Å². The maximum atomic E-state index is 12.5. The molecule has 0 aromatic heterocycles. The highest BCUT2D eigenvalue weighted by Crippen LogP contribution is 2.13. The first-order valence-corrected chi connectivity index (χ1v) is 7.11. The van der Waals surface area contributed by atoms with Gasteiger partial charge in [-0.2, -0.15) is 0 Å². The zero-order chi connectivity index (χ0) is 14.7. The molecule has 7 heteroatoms. The molecule has 1 atom stereocenters. The number of urea groups is 1. The lowest BCUT2D eigenvalue weighted by molar-refractivity contribution is -0.147. The summed E-state index contributed by atoms with van der Waals surface area (Å²) in [5, 5.41) is 9.17. The summed E-state index contributed by atoms with van der Waals surface area (Å²) in [4.78, 5) is 29.1. The Labute approximate surface area is 119 Å². The lowest BCUT2D eigenvalue weighted by Gasteiger charge is -2.41. The van der Waals surface area contributed by atoms with Crippen LogP contribution in [-0.2, 0) is 9.53 Å². The van der Waals surface area contributed by atoms with Crippen molar-refractivity contribution in [3.63, 3.8) is 0 Å². The molecule has 2 aliphatic rings. The van der Waals surface area contributed by atoms with Crippen LogP contribution in [0.5, 0.6) is 0 Å². The van der Waals surface area contributed by atoms with Crippen molar-refractivity contribution in [1.29, 1.82) is 0 Å². The van der Waals surface area contributed by atoms with Crippen LogP contribution in [-0.4, -0.2) is 89.8 Å². The first-order chi connectivity index (χ1) is 9.50. The molecule has 0 aromatic rings. The summed E-state index contributed by atoms with van der Waals surface area (Å²) in [7, 11) is 0. The van der Waals surface area contributed by atoms with Gasteiger partial charge in [-0.25, -0.2) is 9.59 Å². The highest BCUT2D eigenvalue weighted by atomic mass is 16.5. The first-order valence-electron chi connectivity index (χ1n) is 7.11. The summed E-state index contributed by atoms with van der Waals surface area (Å²) in [6, 6.07) is -0.564. The molecule has 114 valence electrons. The average Bonchev–Trinajstić information content (AvgIpc) is 2.46. The van der Waals surface area contributed by atoms with Crippen LogP contribution in [0.3, 0.4) is 0 Å². The SMILES string of the molecule is CC(C)N1CCN(C(=O)N2CCOCC2C(=O)O)CC1. The number of piperazine rings is 1. The van der Waals surface area contributed by atoms with Gasteiger partial charge in [-0.15, -0.1) is 0 Å². The number of carboxylic acids is 1. The molecule has 0 bridgehead atoms. The molecule has 0 spiro atoms. The Morgan fingerprint density at radius 2 is 1.80 bits per heavy atom. The van der Waals surface area contributed by atoms with E-state index < -0.39 is 12.0 Å². The highest BCUT2D eigenvalue weighted by molar-refractivity contribution is 5.83. The molecular formula is C13H23N3O4. The van der Waals surface area contributed by atoms with E-state index in [-0.39, 0.29) is 12.6 Å². The van der Waals surface area contributed by atoms with E-state index in [0.717, 1.165) is 13.1 Å². The van der Waals surface area contributed by atoms with Gasteiger partial charge in [0.2, 0.25) is 0 Å². The summed E-state index contributed by atoms with van der Waals surface area (Å²) in [5.74, 6) is -1.00. The maximum Gasteiger partial charge on any atom is 0.328 e. The number of ether oxygens (including phenoxy) is 1. The van der Waals surface area contributed by atoms with Crippen molar-refractivity contribution in [3.8, 4) is 0 Å². The third kappa shape index (κ3) is 3.21. The van der Waals surface area contributed by atoms with E-state index in [4.69, 9.17) is 4.74 Å². The fourth-order valence-electron chi connectivity index (χ4n) is 2.65. The number of amides is 2. The molecule has 0 saturated carbocycles. The molecule has 0 aliphatic carbocycles. The normalized spacial score (nSPS) is 25.1. The van der Waals surface area contributed by atoms with E-state index >= 15 is 0 Å². The fraction of sp³-hybridized carbons (Fsp3) is 0.846. The van der Waals surface area contributed by atoms with Crippen molar-refractivity contribution in [1.82, 2.24) is 14.7 Å². The van der Waals surface area contributed by atoms with Crippen LogP contribution in [0, 0.1) is 0 Å². The Kier molecular flexibility index (Phi) is 4.82. The number of hydrogen-bond acceptors (Lipinski definition) is 4. The maximum absolute atomic E-state index is 12.5. The van der Waals surface area contributed by atoms with Gasteiger partial charge in [0.25, 0.3) is 0 Å². The average molecular weight is 285 g/mol. The van der Waals surface area contributed by atoms with Crippen molar-refractivity contribution in [2.24, 2.45) is 0 Å². The molecule has 20 heavy (non-hydrogen) atoms. The van der Waals surface area contributed by atoms with Crippen molar-refractivity contribution in [2.45, 2.75) is 25.9 Å². The molecule has 1 N–H and O–H groups in total. The van der Waals surface area contributed by atoms with Gasteiger partial charge in [0.05, 0.1) is 13.2 Å². The van der Waals surface area contributed by atoms with Crippen molar-refractivity contribution in [3.05, 3.63) is 0 Å². The van der Waals surface area contributed by atoms with Crippen molar-refractivity contribution >= 4 is 12.0 Å². The molecule has 2 saturated heterocycles. The third-order valence-corrected chi connectivity index (χ3v) is 3.97. The van der Waals surface area contributed by atoms with Gasteiger partial charge >= 0.3 is 12.0 Å². The van der Waals surface area contributed by atoms with Crippen LogP contribution < -0.4 is 0 Å². The first kappa shape index (κ1) is 15.1. The molecule has 2 aliphatic heterocycles. The Hall–Kier alpha value is -1.34. The number of nitrogens with zero attached hydrogens (tertiary/aromatic N) is 3. The second-order valence-corrected chi connectivity index (χ2v) is 5.52. The smallest absolute Gasteiger partial charge is 0.328 e. The lowest BCUT2D eigenvalue weighted by Crippen LogP contribution is -2.60. The zero-order valence-corrected chi connectivity index (χ0v) is 12.1. The number of carboxylic acid groups (broad SMARTS) is 1. The summed E-state index contributed by atoms with van der Waals surface area (Å²) >= 11 is 0. The van der Waals surface area contributed by atoms with E-state index in [1.165, 1.54) is 4.90 Å². The molecule has 2 amide bonds. The molecule has 0 aromatic carbocycles. The molecule has 2 rings (SSSR count). The van der Waals surface area contributed by atoms with Gasteiger partial charge < -0.3 is 19.6 Å². The minimum Gasteiger partial charge on any atom is -0.480 e. The Balaban J connectivity index is 1.95.